The molecule has 0 atom stereocenters. The van der Waals surface area contributed by atoms with Gasteiger partial charge in [0.1, 0.15) is 0 Å². The van der Waals surface area contributed by atoms with Crippen LogP contribution in [0, 0.1) is 0 Å². The van der Waals surface area contributed by atoms with Gasteiger partial charge >= 0.3 is 12.1 Å². The molecule has 0 unspecified atom stereocenters. The van der Waals surface area contributed by atoms with E-state index in [1.165, 1.54) is 30.3 Å². The first-order chi connectivity index (χ1) is 16.7. The summed E-state index contributed by atoms with van der Waals surface area (Å²) in [6.45, 7) is 4.03. The average molecular weight is 486 g/mol. The standard InChI is InChI=1S/C26H26F3N3O3/c1-2-15-31(25(35)26(27,28)29)20-10-7-19(8-11-20)24(34)30-16-13-21(14-17-30)32-22-6-4-3-5-18(22)9-12-23(32)33/h2-8,10-11,21H,1,9,12-17H2. The number of hydrogen-bond acceptors (Lipinski definition) is 3. The zero-order valence-corrected chi connectivity index (χ0v) is 19.1. The van der Waals surface area contributed by atoms with Gasteiger partial charge in [0.05, 0.1) is 0 Å². The minimum atomic E-state index is -5.02. The zero-order valence-electron chi connectivity index (χ0n) is 19.1. The molecule has 2 aliphatic heterocycles. The van der Waals surface area contributed by atoms with Gasteiger partial charge in [-0.3, -0.25) is 14.4 Å². The summed E-state index contributed by atoms with van der Waals surface area (Å²) in [5, 5.41) is 0. The van der Waals surface area contributed by atoms with Gasteiger partial charge in [-0.15, -0.1) is 6.58 Å². The highest BCUT2D eigenvalue weighted by molar-refractivity contribution is 5.99. The molecule has 0 spiro atoms. The molecule has 2 heterocycles. The summed E-state index contributed by atoms with van der Waals surface area (Å²) in [5.74, 6) is -2.13. The van der Waals surface area contributed by atoms with Crippen LogP contribution in [0.5, 0.6) is 0 Å². The van der Waals surface area contributed by atoms with Gasteiger partial charge in [0.25, 0.3) is 5.91 Å². The van der Waals surface area contributed by atoms with E-state index < -0.39 is 12.1 Å². The number of alkyl halides is 3. The number of carbonyl (C=O) groups is 3. The number of amides is 3. The number of rotatable bonds is 5. The lowest BCUT2D eigenvalue weighted by Crippen LogP contribution is -2.50. The molecule has 0 N–H and O–H groups in total. The fourth-order valence-corrected chi connectivity index (χ4v) is 4.74. The molecule has 2 aromatic carbocycles. The molecule has 0 aromatic heterocycles. The van der Waals surface area contributed by atoms with Gasteiger partial charge < -0.3 is 14.7 Å². The minimum absolute atomic E-state index is 0.0104. The van der Waals surface area contributed by atoms with E-state index in [2.05, 4.69) is 6.58 Å². The average Bonchev–Trinajstić information content (AvgIpc) is 2.86. The summed E-state index contributed by atoms with van der Waals surface area (Å²) >= 11 is 0. The van der Waals surface area contributed by atoms with Crippen LogP contribution < -0.4 is 9.80 Å². The molecule has 1 saturated heterocycles. The van der Waals surface area contributed by atoms with E-state index in [9.17, 15) is 27.6 Å². The Kier molecular flexibility index (Phi) is 6.95. The molecule has 3 amide bonds. The third kappa shape index (κ3) is 5.08. The Morgan fingerprint density at radius 2 is 1.69 bits per heavy atom. The van der Waals surface area contributed by atoms with E-state index in [4.69, 9.17) is 0 Å². The fourth-order valence-electron chi connectivity index (χ4n) is 4.74. The molecule has 1 fully saturated rings. The van der Waals surface area contributed by atoms with Crippen LogP contribution in [0.4, 0.5) is 24.5 Å². The van der Waals surface area contributed by atoms with E-state index >= 15 is 0 Å². The van der Waals surface area contributed by atoms with Gasteiger partial charge in [0.2, 0.25) is 5.91 Å². The van der Waals surface area contributed by atoms with E-state index in [1.807, 2.05) is 29.2 Å². The van der Waals surface area contributed by atoms with Crippen LogP contribution in [0.2, 0.25) is 0 Å². The first kappa shape index (κ1) is 24.5. The van der Waals surface area contributed by atoms with Crippen molar-refractivity contribution >= 4 is 29.1 Å². The Labute approximate surface area is 201 Å². The van der Waals surface area contributed by atoms with Gasteiger partial charge in [-0.25, -0.2) is 0 Å². The van der Waals surface area contributed by atoms with Crippen molar-refractivity contribution in [3.63, 3.8) is 0 Å². The van der Waals surface area contributed by atoms with Crippen LogP contribution in [-0.4, -0.2) is 54.5 Å². The molecule has 184 valence electrons. The summed E-state index contributed by atoms with van der Waals surface area (Å²) < 4.78 is 38.8. The van der Waals surface area contributed by atoms with E-state index in [0.717, 1.165) is 17.7 Å². The second-order valence-corrected chi connectivity index (χ2v) is 8.66. The third-order valence-electron chi connectivity index (χ3n) is 6.47. The zero-order chi connectivity index (χ0) is 25.2. The van der Waals surface area contributed by atoms with Crippen LogP contribution in [0.1, 0.15) is 35.2 Å². The lowest BCUT2D eigenvalue weighted by atomic mass is 9.95. The molecule has 35 heavy (non-hydrogen) atoms. The van der Waals surface area contributed by atoms with Gasteiger partial charge in [-0.2, -0.15) is 13.2 Å². The largest absolute Gasteiger partial charge is 0.471 e. The Balaban J connectivity index is 1.42. The predicted molar refractivity (Wildman–Crippen MR) is 126 cm³/mol. The summed E-state index contributed by atoms with van der Waals surface area (Å²) in [4.78, 5) is 41.6. The number of piperidine rings is 1. The normalized spacial score (nSPS) is 16.6. The van der Waals surface area contributed by atoms with Crippen LogP contribution in [0.15, 0.2) is 61.2 Å². The number of carbonyl (C=O) groups excluding carboxylic acids is 3. The number of hydrogen-bond donors (Lipinski definition) is 0. The number of fused-ring (bicyclic) bond motifs is 1. The highest BCUT2D eigenvalue weighted by Gasteiger charge is 2.42. The molecular formula is C26H26F3N3O3. The number of likely N-dealkylation sites (tertiary alicyclic amines) is 1. The SMILES string of the molecule is C=CCN(C(=O)C(F)(F)F)c1ccc(C(=O)N2CCC(N3C(=O)CCc4ccccc43)CC2)cc1. The van der Waals surface area contributed by atoms with Crippen molar-refractivity contribution < 1.29 is 27.6 Å². The van der Waals surface area contributed by atoms with Gasteiger partial charge in [0.15, 0.2) is 0 Å². The number of benzene rings is 2. The smallest absolute Gasteiger partial charge is 0.338 e. The molecule has 4 rings (SSSR count). The molecule has 0 saturated carbocycles. The first-order valence-electron chi connectivity index (χ1n) is 11.5. The van der Waals surface area contributed by atoms with E-state index in [-0.39, 0.29) is 30.1 Å². The number of aryl methyl sites for hydroxylation is 1. The monoisotopic (exact) mass is 485 g/mol. The van der Waals surface area contributed by atoms with Crippen molar-refractivity contribution in [3.05, 3.63) is 72.3 Å². The quantitative estimate of drug-likeness (QED) is 0.592. The van der Waals surface area contributed by atoms with Crippen LogP contribution >= 0.6 is 0 Å². The van der Waals surface area contributed by atoms with Crippen molar-refractivity contribution in [2.75, 3.05) is 29.4 Å². The minimum Gasteiger partial charge on any atom is -0.338 e. The second-order valence-electron chi connectivity index (χ2n) is 8.66. The number of halogens is 3. The highest BCUT2D eigenvalue weighted by atomic mass is 19.4. The number of para-hydroxylation sites is 1. The molecule has 2 aromatic rings. The third-order valence-corrected chi connectivity index (χ3v) is 6.47. The second kappa shape index (κ2) is 9.93. The lowest BCUT2D eigenvalue weighted by molar-refractivity contribution is -0.170. The lowest BCUT2D eigenvalue weighted by Gasteiger charge is -2.41. The maximum Gasteiger partial charge on any atom is 0.471 e. The maximum atomic E-state index is 13.0. The summed E-state index contributed by atoms with van der Waals surface area (Å²) in [7, 11) is 0. The van der Waals surface area contributed by atoms with Crippen LogP contribution in [-0.2, 0) is 16.0 Å². The molecule has 0 aliphatic carbocycles. The summed E-state index contributed by atoms with van der Waals surface area (Å²) in [6, 6.07) is 13.4. The molecule has 9 heteroatoms. The molecule has 0 radical (unpaired) electrons. The van der Waals surface area contributed by atoms with Crippen LogP contribution in [0.3, 0.4) is 0 Å². The van der Waals surface area contributed by atoms with E-state index in [0.29, 0.717) is 42.8 Å². The molecule has 6 nitrogen and oxygen atoms in total. The van der Waals surface area contributed by atoms with Gasteiger partial charge in [-0.1, -0.05) is 24.3 Å². The highest BCUT2D eigenvalue weighted by Crippen LogP contribution is 2.32. The first-order valence-corrected chi connectivity index (χ1v) is 11.5. The number of nitrogens with zero attached hydrogens (tertiary/aromatic N) is 3. The van der Waals surface area contributed by atoms with Crippen molar-refractivity contribution in [1.82, 2.24) is 4.90 Å². The fraction of sp³-hybridized carbons (Fsp3) is 0.346. The Morgan fingerprint density at radius 1 is 1.03 bits per heavy atom. The van der Waals surface area contributed by atoms with Crippen molar-refractivity contribution in [2.24, 2.45) is 0 Å². The Bertz CT molecular complexity index is 1120. The van der Waals surface area contributed by atoms with Crippen molar-refractivity contribution in [1.29, 1.82) is 0 Å². The van der Waals surface area contributed by atoms with Crippen molar-refractivity contribution in [2.45, 2.75) is 37.9 Å². The van der Waals surface area contributed by atoms with Crippen LogP contribution in [0.25, 0.3) is 0 Å². The van der Waals surface area contributed by atoms with Gasteiger partial charge in [0, 0.05) is 49.0 Å². The topological polar surface area (TPSA) is 60.9 Å². The maximum absolute atomic E-state index is 13.0. The summed E-state index contributed by atoms with van der Waals surface area (Å²) in [6.07, 6.45) is -1.33. The summed E-state index contributed by atoms with van der Waals surface area (Å²) in [5.41, 5.74) is 2.45. The van der Waals surface area contributed by atoms with Gasteiger partial charge in [-0.05, 0) is 55.2 Å². The number of anilines is 2. The molecule has 2 aliphatic rings. The molecular weight excluding hydrogens is 459 g/mol. The van der Waals surface area contributed by atoms with Crippen molar-refractivity contribution in [3.8, 4) is 0 Å². The Morgan fingerprint density at radius 3 is 2.31 bits per heavy atom. The Hall–Kier alpha value is -3.62. The predicted octanol–water partition coefficient (Wildman–Crippen LogP) is 4.35. The molecule has 0 bridgehead atoms. The van der Waals surface area contributed by atoms with E-state index in [1.54, 1.807) is 4.90 Å².